The van der Waals surface area contributed by atoms with Crippen LogP contribution in [0.5, 0.6) is 5.75 Å². The van der Waals surface area contributed by atoms with E-state index in [0.29, 0.717) is 18.2 Å². The second-order valence-electron chi connectivity index (χ2n) is 5.94. The number of nitrogens with zero attached hydrogens (tertiary/aromatic N) is 4. The number of hydrogen-bond acceptors (Lipinski definition) is 6. The minimum absolute atomic E-state index is 0.0503. The molecule has 0 unspecified atom stereocenters. The second-order valence-corrected chi connectivity index (χ2v) is 5.94. The molecule has 0 saturated heterocycles. The molecule has 3 aromatic heterocycles. The molecule has 0 radical (unpaired) electrons. The number of aromatic nitrogens is 5. The van der Waals surface area contributed by atoms with Crippen molar-refractivity contribution in [2.24, 2.45) is 0 Å². The minimum Gasteiger partial charge on any atom is -0.487 e. The minimum atomic E-state index is -1.05. The van der Waals surface area contributed by atoms with Gasteiger partial charge in [-0.25, -0.2) is 14.8 Å². The Hall–Kier alpha value is -4.07. The lowest BCUT2D eigenvalue weighted by Crippen LogP contribution is -2.00. The number of rotatable bonds is 6. The molecule has 0 atom stereocenters. The van der Waals surface area contributed by atoms with E-state index in [4.69, 9.17) is 9.84 Å². The van der Waals surface area contributed by atoms with Gasteiger partial charge in [0.25, 0.3) is 0 Å². The molecular formula is C20H15N5O3. The van der Waals surface area contributed by atoms with Crippen molar-refractivity contribution in [3.63, 3.8) is 0 Å². The Morgan fingerprint density at radius 3 is 2.57 bits per heavy atom. The summed E-state index contributed by atoms with van der Waals surface area (Å²) in [4.78, 5) is 23.5. The molecule has 0 aliphatic heterocycles. The van der Waals surface area contributed by atoms with Crippen LogP contribution in [0.4, 0.5) is 0 Å². The molecular weight excluding hydrogens is 358 g/mol. The van der Waals surface area contributed by atoms with E-state index in [9.17, 15) is 4.79 Å². The molecule has 0 saturated carbocycles. The summed E-state index contributed by atoms with van der Waals surface area (Å²) in [5, 5.41) is 15.7. The zero-order chi connectivity index (χ0) is 19.3. The molecule has 1 aromatic carbocycles. The summed E-state index contributed by atoms with van der Waals surface area (Å²) in [5.41, 5.74) is 3.39. The first-order valence-corrected chi connectivity index (χ1v) is 8.42. The van der Waals surface area contributed by atoms with Crippen LogP contribution in [-0.4, -0.2) is 36.2 Å². The summed E-state index contributed by atoms with van der Waals surface area (Å²) < 4.78 is 5.80. The van der Waals surface area contributed by atoms with Crippen LogP contribution in [0, 0.1) is 0 Å². The quantitative estimate of drug-likeness (QED) is 0.533. The summed E-state index contributed by atoms with van der Waals surface area (Å²) in [6.45, 7) is 0.353. The highest BCUT2D eigenvalue weighted by atomic mass is 16.5. The topological polar surface area (TPSA) is 114 Å². The maximum atomic E-state index is 10.9. The Bertz CT molecular complexity index is 1080. The van der Waals surface area contributed by atoms with Crippen LogP contribution < -0.4 is 4.74 Å². The SMILES string of the molecule is O=C(O)c1cnc(-c2cccc(COc3ccc(-c4ccn[nH]4)nc3)c2)nc1. The van der Waals surface area contributed by atoms with Gasteiger partial charge in [-0.05, 0) is 29.8 Å². The van der Waals surface area contributed by atoms with Gasteiger partial charge in [-0.1, -0.05) is 18.2 Å². The molecule has 0 aliphatic carbocycles. The normalized spacial score (nSPS) is 10.6. The average molecular weight is 373 g/mol. The zero-order valence-electron chi connectivity index (χ0n) is 14.6. The molecule has 8 heteroatoms. The Morgan fingerprint density at radius 1 is 1.04 bits per heavy atom. The van der Waals surface area contributed by atoms with Crippen molar-refractivity contribution in [2.75, 3.05) is 0 Å². The molecule has 0 fully saturated rings. The van der Waals surface area contributed by atoms with Gasteiger partial charge in [-0.3, -0.25) is 10.1 Å². The van der Waals surface area contributed by atoms with Crippen molar-refractivity contribution in [2.45, 2.75) is 6.61 Å². The third kappa shape index (κ3) is 3.85. The number of hydrogen-bond donors (Lipinski definition) is 2. The van der Waals surface area contributed by atoms with Gasteiger partial charge in [0.15, 0.2) is 5.82 Å². The molecule has 0 bridgehead atoms. The predicted octanol–water partition coefficient (Wildman–Crippen LogP) is 3.21. The molecule has 3 heterocycles. The number of nitrogens with one attached hydrogen (secondary N) is 1. The van der Waals surface area contributed by atoms with E-state index in [1.165, 1.54) is 12.4 Å². The van der Waals surface area contributed by atoms with Crippen molar-refractivity contribution >= 4 is 5.97 Å². The van der Waals surface area contributed by atoms with Gasteiger partial charge >= 0.3 is 5.97 Å². The molecule has 2 N–H and O–H groups in total. The van der Waals surface area contributed by atoms with Crippen molar-refractivity contribution in [1.29, 1.82) is 0 Å². The molecule has 0 spiro atoms. The first-order valence-electron chi connectivity index (χ1n) is 8.42. The third-order valence-electron chi connectivity index (χ3n) is 4.00. The van der Waals surface area contributed by atoms with Crippen molar-refractivity contribution in [3.8, 4) is 28.5 Å². The maximum absolute atomic E-state index is 10.9. The average Bonchev–Trinajstić information content (AvgIpc) is 3.28. The molecule has 0 amide bonds. The molecule has 138 valence electrons. The lowest BCUT2D eigenvalue weighted by Gasteiger charge is -2.08. The maximum Gasteiger partial charge on any atom is 0.338 e. The van der Waals surface area contributed by atoms with E-state index in [0.717, 1.165) is 22.5 Å². The van der Waals surface area contributed by atoms with E-state index >= 15 is 0 Å². The zero-order valence-corrected chi connectivity index (χ0v) is 14.6. The van der Waals surface area contributed by atoms with Gasteiger partial charge in [0.2, 0.25) is 0 Å². The highest BCUT2D eigenvalue weighted by molar-refractivity contribution is 5.86. The number of ether oxygens (including phenoxy) is 1. The summed E-state index contributed by atoms with van der Waals surface area (Å²) in [6.07, 6.45) is 5.92. The Labute approximate surface area is 159 Å². The lowest BCUT2D eigenvalue weighted by molar-refractivity contribution is 0.0696. The molecule has 4 rings (SSSR count). The number of H-pyrrole nitrogens is 1. The van der Waals surface area contributed by atoms with E-state index in [-0.39, 0.29) is 5.56 Å². The molecule has 8 nitrogen and oxygen atoms in total. The number of pyridine rings is 1. The van der Waals surface area contributed by atoms with Gasteiger partial charge in [0, 0.05) is 24.2 Å². The van der Waals surface area contributed by atoms with E-state index in [2.05, 4.69) is 25.1 Å². The number of carboxylic acids is 1. The van der Waals surface area contributed by atoms with Crippen LogP contribution in [0.1, 0.15) is 15.9 Å². The van der Waals surface area contributed by atoms with Crippen LogP contribution in [0.3, 0.4) is 0 Å². The first-order chi connectivity index (χ1) is 13.7. The van der Waals surface area contributed by atoms with Gasteiger partial charge in [0.05, 0.1) is 23.1 Å². The standard InChI is InChI=1S/C20H15N5O3/c26-20(27)15-9-22-19(23-10-15)14-3-1-2-13(8-14)12-28-16-4-5-17(21-11-16)18-6-7-24-25-18/h1-11H,12H2,(H,24,25)(H,26,27). The van der Waals surface area contributed by atoms with Gasteiger partial charge in [-0.15, -0.1) is 0 Å². The number of aromatic amines is 1. The summed E-state index contributed by atoms with van der Waals surface area (Å²) >= 11 is 0. The van der Waals surface area contributed by atoms with Crippen LogP contribution >= 0.6 is 0 Å². The Balaban J connectivity index is 1.44. The van der Waals surface area contributed by atoms with Crippen molar-refractivity contribution < 1.29 is 14.6 Å². The number of aromatic carboxylic acids is 1. The monoisotopic (exact) mass is 373 g/mol. The van der Waals surface area contributed by atoms with E-state index in [1.807, 2.05) is 42.5 Å². The van der Waals surface area contributed by atoms with Gasteiger partial charge in [-0.2, -0.15) is 5.10 Å². The van der Waals surface area contributed by atoms with Gasteiger partial charge < -0.3 is 9.84 Å². The fourth-order valence-corrected chi connectivity index (χ4v) is 2.58. The third-order valence-corrected chi connectivity index (χ3v) is 4.00. The highest BCUT2D eigenvalue weighted by Crippen LogP contribution is 2.20. The molecule has 4 aromatic rings. The van der Waals surface area contributed by atoms with Crippen LogP contribution in [0.15, 0.2) is 67.3 Å². The van der Waals surface area contributed by atoms with Crippen molar-refractivity contribution in [3.05, 3.63) is 78.4 Å². The highest BCUT2D eigenvalue weighted by Gasteiger charge is 2.07. The molecule has 28 heavy (non-hydrogen) atoms. The number of carboxylic acid groups (broad SMARTS) is 1. The summed E-state index contributed by atoms with van der Waals surface area (Å²) in [6, 6.07) is 13.1. The van der Waals surface area contributed by atoms with Crippen molar-refractivity contribution in [1.82, 2.24) is 25.1 Å². The number of benzene rings is 1. The first kappa shape index (κ1) is 17.3. The number of carbonyl (C=O) groups is 1. The van der Waals surface area contributed by atoms with Crippen LogP contribution in [-0.2, 0) is 6.61 Å². The lowest BCUT2D eigenvalue weighted by atomic mass is 10.1. The second kappa shape index (κ2) is 7.67. The van der Waals surface area contributed by atoms with E-state index < -0.39 is 5.97 Å². The Kier molecular flexibility index (Phi) is 4.75. The fraction of sp³-hybridized carbons (Fsp3) is 0.0500. The fourth-order valence-electron chi connectivity index (χ4n) is 2.58. The summed E-state index contributed by atoms with van der Waals surface area (Å²) in [7, 11) is 0. The van der Waals surface area contributed by atoms with E-state index in [1.54, 1.807) is 12.4 Å². The predicted molar refractivity (Wildman–Crippen MR) is 101 cm³/mol. The van der Waals surface area contributed by atoms with Gasteiger partial charge in [0.1, 0.15) is 12.4 Å². The van der Waals surface area contributed by atoms with Crippen LogP contribution in [0.25, 0.3) is 22.8 Å². The smallest absolute Gasteiger partial charge is 0.338 e. The summed E-state index contributed by atoms with van der Waals surface area (Å²) in [5.74, 6) is 0.0500. The van der Waals surface area contributed by atoms with Crippen LogP contribution in [0.2, 0.25) is 0 Å². The Morgan fingerprint density at radius 2 is 1.89 bits per heavy atom. The molecule has 0 aliphatic rings. The largest absolute Gasteiger partial charge is 0.487 e.